The van der Waals surface area contributed by atoms with Crippen LogP contribution in [-0.2, 0) is 0 Å². The lowest BCUT2D eigenvalue weighted by Crippen LogP contribution is -3.00. The van der Waals surface area contributed by atoms with Crippen LogP contribution in [-0.4, -0.2) is 6.16 Å². The van der Waals surface area contributed by atoms with Gasteiger partial charge in [0.25, 0.3) is 0 Å². The maximum atomic E-state index is 2.36. The molecule has 0 amide bonds. The van der Waals surface area contributed by atoms with Crippen LogP contribution in [0, 0.1) is 0 Å². The van der Waals surface area contributed by atoms with Crippen LogP contribution in [0.25, 0.3) is 0 Å². The van der Waals surface area contributed by atoms with Gasteiger partial charge in [0.05, 0.1) is 6.16 Å². The zero-order valence-electron chi connectivity index (χ0n) is 18.3. The average Bonchev–Trinajstić information content (AvgIpc) is 2.78. The maximum Gasteiger partial charge on any atom is 0.112 e. The summed E-state index contributed by atoms with van der Waals surface area (Å²) in [5.41, 5.74) is 0. The summed E-state index contributed by atoms with van der Waals surface area (Å²) in [5.74, 6) is 0. The fourth-order valence-electron chi connectivity index (χ4n) is 4.19. The predicted molar refractivity (Wildman–Crippen MR) is 139 cm³/mol. The molecule has 0 heterocycles. The number of hydrogen-bond acceptors (Lipinski definition) is 0. The number of unbranched alkanes of at least 4 members (excludes halogenated alkanes) is 6. The monoisotopic (exact) mass is 502 g/mol. The predicted octanol–water partition coefficient (Wildman–Crippen LogP) is 3.79. The summed E-state index contributed by atoms with van der Waals surface area (Å²) in [7, 11) is -1.61. The third kappa shape index (κ3) is 7.02. The van der Waals surface area contributed by atoms with Gasteiger partial charge in [0.15, 0.2) is 0 Å². The Morgan fingerprint density at radius 3 is 1.20 bits per heavy atom. The van der Waals surface area contributed by atoms with E-state index in [0.717, 1.165) is 0 Å². The lowest BCUT2D eigenvalue weighted by atomic mass is 10.1. The summed E-state index contributed by atoms with van der Waals surface area (Å²) < 4.78 is 0. The molecule has 3 aromatic rings. The van der Waals surface area contributed by atoms with Gasteiger partial charge in [-0.15, -0.1) is 0 Å². The molecule has 0 spiro atoms. The highest BCUT2D eigenvalue weighted by Crippen LogP contribution is 2.55. The first-order valence-corrected chi connectivity index (χ1v) is 12.9. The quantitative estimate of drug-likeness (QED) is 0.276. The molecule has 3 aromatic carbocycles. The molecule has 0 saturated carbocycles. The first-order chi connectivity index (χ1) is 13.9. The minimum absolute atomic E-state index is 0. The van der Waals surface area contributed by atoms with Crippen LogP contribution in [0.4, 0.5) is 0 Å². The number of hydrogen-bond donors (Lipinski definition) is 0. The second-order valence-electron chi connectivity index (χ2n) is 7.66. The Bertz CT molecular complexity index is 694. The molecule has 0 radical (unpaired) electrons. The van der Waals surface area contributed by atoms with E-state index < -0.39 is 7.26 Å². The van der Waals surface area contributed by atoms with Crippen LogP contribution in [0.5, 0.6) is 0 Å². The van der Waals surface area contributed by atoms with Crippen molar-refractivity contribution in [3.8, 4) is 0 Å². The smallest absolute Gasteiger partial charge is 0.112 e. The number of benzene rings is 3. The standard InChI is InChI=1S/C27H34P.BrH.H3P/c1-2-3-4-5-6-7-17-24-28(25-18-11-8-12-19-25,26-20-13-9-14-21-26)27-22-15-10-16-23-27;;/h8-16,18-23H,2-7,17,24H2,1H3;1H;1H3/q+1;;/p-1. The maximum absolute atomic E-state index is 2.36. The number of halogens is 1. The number of rotatable bonds is 11. The van der Waals surface area contributed by atoms with Gasteiger partial charge in [0.2, 0.25) is 0 Å². The van der Waals surface area contributed by atoms with E-state index in [1.807, 2.05) is 0 Å². The lowest BCUT2D eigenvalue weighted by molar-refractivity contribution is -0.00000579. The Balaban J connectivity index is 0.00000225. The summed E-state index contributed by atoms with van der Waals surface area (Å²) in [6.07, 6.45) is 10.8. The van der Waals surface area contributed by atoms with Crippen LogP contribution in [0.3, 0.4) is 0 Å². The van der Waals surface area contributed by atoms with Crippen molar-refractivity contribution in [1.82, 2.24) is 0 Å². The van der Waals surface area contributed by atoms with Gasteiger partial charge in [-0.05, 0) is 49.2 Å². The Kier molecular flexibility index (Phi) is 13.4. The zero-order valence-corrected chi connectivity index (χ0v) is 22.2. The van der Waals surface area contributed by atoms with Crippen molar-refractivity contribution >= 4 is 33.1 Å². The van der Waals surface area contributed by atoms with Gasteiger partial charge in [0.1, 0.15) is 23.2 Å². The van der Waals surface area contributed by atoms with Gasteiger partial charge in [-0.3, -0.25) is 0 Å². The van der Waals surface area contributed by atoms with Crippen LogP contribution in [0.2, 0.25) is 0 Å². The molecule has 0 aliphatic rings. The van der Waals surface area contributed by atoms with Gasteiger partial charge in [0, 0.05) is 0 Å². The Morgan fingerprint density at radius 1 is 0.500 bits per heavy atom. The molecule has 3 rings (SSSR count). The molecule has 0 aromatic heterocycles. The van der Waals surface area contributed by atoms with Crippen LogP contribution in [0.15, 0.2) is 91.0 Å². The molecule has 1 unspecified atom stereocenters. The van der Waals surface area contributed by atoms with Gasteiger partial charge in [-0.25, -0.2) is 0 Å². The Hall–Kier alpha value is -1.000. The molecule has 3 heteroatoms. The molecular formula is C27H37BrP2. The highest BCUT2D eigenvalue weighted by Gasteiger charge is 2.44. The Labute approximate surface area is 198 Å². The SMILES string of the molecule is CCCCCCCCC[P+](c1ccccc1)(c1ccccc1)c1ccccc1.P.[Br-]. The van der Waals surface area contributed by atoms with E-state index >= 15 is 0 Å². The minimum Gasteiger partial charge on any atom is -1.00 e. The van der Waals surface area contributed by atoms with Gasteiger partial charge >= 0.3 is 0 Å². The van der Waals surface area contributed by atoms with Crippen molar-refractivity contribution in [2.24, 2.45) is 0 Å². The fraction of sp³-hybridized carbons (Fsp3) is 0.333. The summed E-state index contributed by atoms with van der Waals surface area (Å²) in [6, 6.07) is 33.8. The lowest BCUT2D eigenvalue weighted by Gasteiger charge is -2.27. The fourth-order valence-corrected chi connectivity index (χ4v) is 8.60. The minimum atomic E-state index is -1.61. The van der Waals surface area contributed by atoms with Crippen LogP contribution < -0.4 is 32.9 Å². The Morgan fingerprint density at radius 2 is 0.833 bits per heavy atom. The zero-order chi connectivity index (χ0) is 19.5. The van der Waals surface area contributed by atoms with Gasteiger partial charge in [-0.1, -0.05) is 93.6 Å². The van der Waals surface area contributed by atoms with Crippen molar-refractivity contribution in [3.63, 3.8) is 0 Å². The molecule has 0 fully saturated rings. The summed E-state index contributed by atoms with van der Waals surface area (Å²) in [5, 5.41) is 4.54. The third-order valence-corrected chi connectivity index (χ3v) is 10.2. The van der Waals surface area contributed by atoms with E-state index in [0.29, 0.717) is 0 Å². The molecule has 1 atom stereocenters. The molecule has 0 saturated heterocycles. The van der Waals surface area contributed by atoms with Crippen molar-refractivity contribution in [2.75, 3.05) is 6.16 Å². The van der Waals surface area contributed by atoms with E-state index in [1.165, 1.54) is 67.0 Å². The summed E-state index contributed by atoms with van der Waals surface area (Å²) >= 11 is 0. The van der Waals surface area contributed by atoms with E-state index in [-0.39, 0.29) is 26.9 Å². The topological polar surface area (TPSA) is 0 Å². The van der Waals surface area contributed by atoms with E-state index in [9.17, 15) is 0 Å². The molecule has 0 bridgehead atoms. The van der Waals surface area contributed by atoms with E-state index in [1.54, 1.807) is 0 Å². The average molecular weight is 503 g/mol. The molecule has 162 valence electrons. The van der Waals surface area contributed by atoms with Crippen LogP contribution >= 0.6 is 17.2 Å². The first-order valence-electron chi connectivity index (χ1n) is 10.9. The van der Waals surface area contributed by atoms with Gasteiger partial charge in [-0.2, -0.15) is 9.90 Å². The summed E-state index contributed by atoms with van der Waals surface area (Å²) in [4.78, 5) is 0. The highest BCUT2D eigenvalue weighted by atomic mass is 79.9. The molecule has 0 aliphatic carbocycles. The van der Waals surface area contributed by atoms with E-state index in [2.05, 4.69) is 97.9 Å². The largest absolute Gasteiger partial charge is 1.00 e. The van der Waals surface area contributed by atoms with Crippen LogP contribution in [0.1, 0.15) is 51.9 Å². The highest BCUT2D eigenvalue weighted by molar-refractivity contribution is 7.95. The third-order valence-electron chi connectivity index (χ3n) is 5.69. The second-order valence-corrected chi connectivity index (χ2v) is 11.3. The summed E-state index contributed by atoms with van der Waals surface area (Å²) in [6.45, 7) is 2.29. The van der Waals surface area contributed by atoms with Crippen molar-refractivity contribution in [1.29, 1.82) is 0 Å². The molecule has 30 heavy (non-hydrogen) atoms. The second kappa shape index (κ2) is 14.9. The molecule has 0 aliphatic heterocycles. The van der Waals surface area contributed by atoms with Gasteiger partial charge < -0.3 is 17.0 Å². The normalized spacial score (nSPS) is 10.7. The van der Waals surface area contributed by atoms with E-state index in [4.69, 9.17) is 0 Å². The van der Waals surface area contributed by atoms with Crippen molar-refractivity contribution in [3.05, 3.63) is 91.0 Å². The van der Waals surface area contributed by atoms with Crippen molar-refractivity contribution < 1.29 is 17.0 Å². The first kappa shape index (κ1) is 27.0. The molecule has 0 nitrogen and oxygen atoms in total. The van der Waals surface area contributed by atoms with Crippen molar-refractivity contribution in [2.45, 2.75) is 51.9 Å². The molecule has 0 N–H and O–H groups in total. The molecular weight excluding hydrogens is 466 g/mol.